The van der Waals surface area contributed by atoms with Crippen LogP contribution in [0.4, 0.5) is 4.79 Å². The Labute approximate surface area is 114 Å². The Hall–Kier alpha value is -1.30. The van der Waals surface area contributed by atoms with Gasteiger partial charge in [0.15, 0.2) is 0 Å². The first-order chi connectivity index (χ1) is 8.74. The van der Waals surface area contributed by atoms with Gasteiger partial charge in [0.05, 0.1) is 6.61 Å². The molecule has 2 unspecified atom stereocenters. The van der Waals surface area contributed by atoms with E-state index >= 15 is 0 Å². The Morgan fingerprint density at radius 2 is 2.00 bits per heavy atom. The fraction of sp³-hybridized carbons (Fsp3) is 0.846. The first-order valence-corrected chi connectivity index (χ1v) is 6.60. The first kappa shape index (κ1) is 15.8. The Morgan fingerprint density at radius 3 is 2.53 bits per heavy atom. The van der Waals surface area contributed by atoms with Crippen molar-refractivity contribution in [1.82, 2.24) is 10.2 Å². The molecule has 0 aromatic heterocycles. The summed E-state index contributed by atoms with van der Waals surface area (Å²) >= 11 is 0. The minimum absolute atomic E-state index is 0.0516. The van der Waals surface area contributed by atoms with Crippen LogP contribution < -0.4 is 5.32 Å². The quantitative estimate of drug-likeness (QED) is 0.781. The molecule has 0 aliphatic carbocycles. The zero-order chi connectivity index (χ0) is 14.6. The molecule has 0 aromatic rings. The second-order valence-electron chi connectivity index (χ2n) is 5.69. The van der Waals surface area contributed by atoms with Crippen LogP contribution in [-0.2, 0) is 14.3 Å². The molecule has 1 rings (SSSR count). The number of nitrogens with zero attached hydrogens (tertiary/aromatic N) is 1. The van der Waals surface area contributed by atoms with E-state index in [2.05, 4.69) is 5.32 Å². The summed E-state index contributed by atoms with van der Waals surface area (Å²) in [5.41, 5.74) is -0.516. The van der Waals surface area contributed by atoms with Crippen LogP contribution >= 0.6 is 0 Å². The Balaban J connectivity index is 2.50. The van der Waals surface area contributed by atoms with Crippen LogP contribution in [0.5, 0.6) is 0 Å². The molecule has 1 heterocycles. The van der Waals surface area contributed by atoms with Crippen molar-refractivity contribution in [2.45, 2.75) is 51.8 Å². The van der Waals surface area contributed by atoms with Gasteiger partial charge in [-0.05, 0) is 34.1 Å². The lowest BCUT2D eigenvalue weighted by molar-refractivity contribution is -0.145. The zero-order valence-corrected chi connectivity index (χ0v) is 12.4. The lowest BCUT2D eigenvalue weighted by Gasteiger charge is -2.28. The van der Waals surface area contributed by atoms with Crippen molar-refractivity contribution in [2.75, 3.05) is 20.2 Å². The molecule has 0 aromatic carbocycles. The molecule has 1 saturated heterocycles. The van der Waals surface area contributed by atoms with E-state index in [-0.39, 0.29) is 24.1 Å². The molecular weight excluding hydrogens is 248 g/mol. The minimum atomic E-state index is -0.516. The molecule has 6 nitrogen and oxygen atoms in total. The van der Waals surface area contributed by atoms with Crippen molar-refractivity contribution in [3.05, 3.63) is 0 Å². The van der Waals surface area contributed by atoms with E-state index in [1.54, 1.807) is 14.0 Å². The molecule has 1 amide bonds. The average molecular weight is 272 g/mol. The molecule has 1 aliphatic heterocycles. The van der Waals surface area contributed by atoms with E-state index in [1.807, 2.05) is 20.8 Å². The molecule has 0 radical (unpaired) electrons. The Kier molecular flexibility index (Phi) is 5.17. The smallest absolute Gasteiger partial charge is 0.410 e. The van der Waals surface area contributed by atoms with E-state index in [0.717, 1.165) is 0 Å². The monoisotopic (exact) mass is 272 g/mol. The molecule has 19 heavy (non-hydrogen) atoms. The van der Waals surface area contributed by atoms with Crippen molar-refractivity contribution < 1.29 is 19.1 Å². The number of likely N-dealkylation sites (N-methyl/N-ethyl adjacent to an activating group) is 1. The maximum absolute atomic E-state index is 11.9. The molecule has 0 spiro atoms. The molecule has 6 heteroatoms. The number of amides is 1. The zero-order valence-electron chi connectivity index (χ0n) is 12.4. The molecule has 110 valence electrons. The summed E-state index contributed by atoms with van der Waals surface area (Å²) in [7, 11) is 1.69. The maximum atomic E-state index is 11.9. The second kappa shape index (κ2) is 6.23. The summed E-state index contributed by atoms with van der Waals surface area (Å²) < 4.78 is 10.3. The number of rotatable bonds is 3. The number of nitrogens with one attached hydrogen (secondary N) is 1. The predicted octanol–water partition coefficient (Wildman–Crippen LogP) is 1.15. The highest BCUT2D eigenvalue weighted by molar-refractivity contribution is 5.76. The summed E-state index contributed by atoms with van der Waals surface area (Å²) in [4.78, 5) is 25.0. The van der Waals surface area contributed by atoms with Gasteiger partial charge < -0.3 is 19.7 Å². The normalized spacial score (nSPS) is 23.0. The van der Waals surface area contributed by atoms with Crippen LogP contribution in [0.25, 0.3) is 0 Å². The SMILES string of the molecule is CCOC(=O)C1CC(N(C)C(=O)OC(C)(C)C)CN1. The summed E-state index contributed by atoms with van der Waals surface area (Å²) in [6, 6.07) is -0.390. The van der Waals surface area contributed by atoms with Crippen molar-refractivity contribution >= 4 is 12.1 Å². The topological polar surface area (TPSA) is 67.9 Å². The third-order valence-corrected chi connectivity index (χ3v) is 2.91. The van der Waals surface area contributed by atoms with Crippen LogP contribution in [0.3, 0.4) is 0 Å². The maximum Gasteiger partial charge on any atom is 0.410 e. The van der Waals surface area contributed by atoms with Crippen molar-refractivity contribution in [2.24, 2.45) is 0 Å². The van der Waals surface area contributed by atoms with E-state index in [4.69, 9.17) is 9.47 Å². The highest BCUT2D eigenvalue weighted by Crippen LogP contribution is 2.17. The summed E-state index contributed by atoms with van der Waals surface area (Å²) in [5, 5.41) is 3.07. The fourth-order valence-electron chi connectivity index (χ4n) is 1.92. The van der Waals surface area contributed by atoms with Crippen LogP contribution in [0.15, 0.2) is 0 Å². The molecular formula is C13H24N2O4. The average Bonchev–Trinajstić information content (AvgIpc) is 2.75. The predicted molar refractivity (Wildman–Crippen MR) is 70.8 cm³/mol. The van der Waals surface area contributed by atoms with Crippen LogP contribution in [0.1, 0.15) is 34.1 Å². The Morgan fingerprint density at radius 1 is 1.37 bits per heavy atom. The number of carbonyl (C=O) groups excluding carboxylic acids is 2. The van der Waals surface area contributed by atoms with Gasteiger partial charge in [0.2, 0.25) is 0 Å². The number of esters is 1. The Bertz CT molecular complexity index is 338. The van der Waals surface area contributed by atoms with Crippen molar-refractivity contribution in [1.29, 1.82) is 0 Å². The second-order valence-corrected chi connectivity index (χ2v) is 5.69. The van der Waals surface area contributed by atoms with Gasteiger partial charge in [-0.2, -0.15) is 0 Å². The molecule has 1 N–H and O–H groups in total. The first-order valence-electron chi connectivity index (χ1n) is 6.60. The van der Waals surface area contributed by atoms with Gasteiger partial charge in [-0.1, -0.05) is 0 Å². The number of ether oxygens (including phenoxy) is 2. The minimum Gasteiger partial charge on any atom is -0.465 e. The molecule has 1 fully saturated rings. The highest BCUT2D eigenvalue weighted by Gasteiger charge is 2.35. The third-order valence-electron chi connectivity index (χ3n) is 2.91. The van der Waals surface area contributed by atoms with E-state index in [9.17, 15) is 9.59 Å². The van der Waals surface area contributed by atoms with E-state index in [1.165, 1.54) is 4.90 Å². The van der Waals surface area contributed by atoms with E-state index in [0.29, 0.717) is 19.6 Å². The van der Waals surface area contributed by atoms with E-state index < -0.39 is 5.60 Å². The van der Waals surface area contributed by atoms with Gasteiger partial charge in [-0.3, -0.25) is 4.79 Å². The van der Waals surface area contributed by atoms with Gasteiger partial charge in [0, 0.05) is 19.6 Å². The summed E-state index contributed by atoms with van der Waals surface area (Å²) in [5.74, 6) is -0.261. The van der Waals surface area contributed by atoms with Gasteiger partial charge in [0.1, 0.15) is 11.6 Å². The lowest BCUT2D eigenvalue weighted by Crippen LogP contribution is -2.41. The number of hydrogen-bond donors (Lipinski definition) is 1. The van der Waals surface area contributed by atoms with Crippen molar-refractivity contribution in [3.63, 3.8) is 0 Å². The number of carbonyl (C=O) groups is 2. The molecule has 0 bridgehead atoms. The largest absolute Gasteiger partial charge is 0.465 e. The van der Waals surface area contributed by atoms with Gasteiger partial charge >= 0.3 is 12.1 Å². The molecule has 2 atom stereocenters. The van der Waals surface area contributed by atoms with Gasteiger partial charge in [-0.15, -0.1) is 0 Å². The third kappa shape index (κ3) is 4.70. The number of hydrogen-bond acceptors (Lipinski definition) is 5. The highest BCUT2D eigenvalue weighted by atomic mass is 16.6. The molecule has 0 saturated carbocycles. The van der Waals surface area contributed by atoms with Crippen molar-refractivity contribution in [3.8, 4) is 0 Å². The van der Waals surface area contributed by atoms with Gasteiger partial charge in [0.25, 0.3) is 0 Å². The fourth-order valence-corrected chi connectivity index (χ4v) is 1.92. The summed E-state index contributed by atoms with van der Waals surface area (Å²) in [6.07, 6.45) is 0.179. The lowest BCUT2D eigenvalue weighted by atomic mass is 10.1. The molecule has 1 aliphatic rings. The van der Waals surface area contributed by atoms with Crippen LogP contribution in [0.2, 0.25) is 0 Å². The van der Waals surface area contributed by atoms with Gasteiger partial charge in [-0.25, -0.2) is 4.79 Å². The van der Waals surface area contributed by atoms with Crippen LogP contribution in [0, 0.1) is 0 Å². The standard InChI is InChI=1S/C13H24N2O4/c1-6-18-11(16)10-7-9(8-14-10)15(5)12(17)19-13(2,3)4/h9-10,14H,6-8H2,1-5H3. The van der Waals surface area contributed by atoms with Crippen LogP contribution in [-0.4, -0.2) is 54.8 Å². The summed E-state index contributed by atoms with van der Waals surface area (Å²) in [6.45, 7) is 8.19.